The maximum Gasteiger partial charge on any atom is 0.344 e. The first-order valence-corrected chi connectivity index (χ1v) is 17.1. The summed E-state index contributed by atoms with van der Waals surface area (Å²) in [6.07, 6.45) is 15.7. The average molecular weight is 689 g/mol. The summed E-state index contributed by atoms with van der Waals surface area (Å²) in [5, 5.41) is 24.2. The van der Waals surface area contributed by atoms with Crippen molar-refractivity contribution in [3.8, 4) is 5.75 Å². The van der Waals surface area contributed by atoms with Crippen LogP contribution < -0.4 is 10.6 Å². The van der Waals surface area contributed by atoms with Gasteiger partial charge in [-0.05, 0) is 93.8 Å². The number of carboxylic acid groups (broad SMARTS) is 1. The lowest BCUT2D eigenvalue weighted by atomic mass is 9.90. The minimum absolute atomic E-state index is 0.141. The number of ether oxygens (including phenoxy) is 1. The van der Waals surface area contributed by atoms with Crippen LogP contribution in [-0.4, -0.2) is 52.8 Å². The maximum absolute atomic E-state index is 12.3. The van der Waals surface area contributed by atoms with Crippen molar-refractivity contribution in [1.82, 2.24) is 10.6 Å². The van der Waals surface area contributed by atoms with Crippen LogP contribution in [0.5, 0.6) is 5.75 Å². The Labute approximate surface area is 288 Å². The number of benzene rings is 1. The SMILES string of the molecule is C=C(CC/C=C/C(=O)NCC(=O)NCC(C)(C)/C(=C/C)OC(CC(C)C)C(=O)O)C(P)CC1=CCCC=C1.Cc1ccc(O)c(Cl)c1. The highest BCUT2D eigenvalue weighted by Crippen LogP contribution is 2.29. The number of carbonyl (C=O) groups is 3. The number of nitrogens with one attached hydrogen (secondary N) is 2. The van der Waals surface area contributed by atoms with Gasteiger partial charge >= 0.3 is 5.97 Å². The number of allylic oxidation sites excluding steroid dienone is 7. The van der Waals surface area contributed by atoms with Gasteiger partial charge in [-0.25, -0.2) is 4.79 Å². The lowest BCUT2D eigenvalue weighted by Crippen LogP contribution is -2.42. The number of amides is 2. The second kappa shape index (κ2) is 21.5. The Morgan fingerprint density at radius 1 is 1.19 bits per heavy atom. The smallest absolute Gasteiger partial charge is 0.344 e. The first kappa shape index (κ1) is 41.7. The number of carbonyl (C=O) groups excluding carboxylic acids is 2. The molecule has 10 heteroatoms. The minimum Gasteiger partial charge on any atom is -0.506 e. The Morgan fingerprint density at radius 3 is 2.45 bits per heavy atom. The fourth-order valence-electron chi connectivity index (χ4n) is 4.57. The molecule has 0 fully saturated rings. The van der Waals surface area contributed by atoms with E-state index in [1.54, 1.807) is 37.3 Å². The highest BCUT2D eigenvalue weighted by molar-refractivity contribution is 7.18. The Morgan fingerprint density at radius 2 is 1.89 bits per heavy atom. The first-order valence-electron chi connectivity index (χ1n) is 16.1. The average Bonchev–Trinajstić information content (AvgIpc) is 3.01. The van der Waals surface area contributed by atoms with Gasteiger partial charge < -0.3 is 25.6 Å². The second-order valence-electron chi connectivity index (χ2n) is 12.7. The molecule has 0 saturated heterocycles. The van der Waals surface area contributed by atoms with Crippen LogP contribution in [0.4, 0.5) is 0 Å². The van der Waals surface area contributed by atoms with Crippen molar-refractivity contribution in [2.24, 2.45) is 11.3 Å². The van der Waals surface area contributed by atoms with E-state index in [2.05, 4.69) is 44.7 Å². The molecular formula is C37H54ClN2O6P. The number of phenolic OH excluding ortho intramolecular Hbond substituents is 1. The summed E-state index contributed by atoms with van der Waals surface area (Å²) in [6, 6.07) is 5.11. The second-order valence-corrected chi connectivity index (χ2v) is 13.9. The van der Waals surface area contributed by atoms with Crippen LogP contribution in [0.15, 0.2) is 78.1 Å². The van der Waals surface area contributed by atoms with Gasteiger partial charge in [0.25, 0.3) is 0 Å². The number of phenols is 1. The molecule has 8 nitrogen and oxygen atoms in total. The predicted octanol–water partition coefficient (Wildman–Crippen LogP) is 7.82. The van der Waals surface area contributed by atoms with Crippen molar-refractivity contribution >= 4 is 38.6 Å². The van der Waals surface area contributed by atoms with E-state index in [9.17, 15) is 19.5 Å². The maximum atomic E-state index is 12.3. The van der Waals surface area contributed by atoms with Crippen molar-refractivity contribution in [2.45, 2.75) is 91.8 Å². The van der Waals surface area contributed by atoms with Crippen LogP contribution in [0.1, 0.15) is 78.7 Å². The van der Waals surface area contributed by atoms with E-state index < -0.39 is 17.5 Å². The lowest BCUT2D eigenvalue weighted by Gasteiger charge is -2.30. The van der Waals surface area contributed by atoms with E-state index in [1.807, 2.05) is 34.6 Å². The van der Waals surface area contributed by atoms with Gasteiger partial charge in [-0.2, -0.15) is 0 Å². The standard InChI is InChI=1S/C30H47N2O5P.C7H7ClO/c1-7-26(37-24(29(35)36)17-21(2)3)30(5,6)20-32-28(34)19-31-27(33)16-12-11-13-22(4)25(38)18-23-14-9-8-10-15-23;1-5-2-3-7(9)6(8)4-5/h7,9,12,14-16,21,24-25H,4,8,10-11,13,17-20,38H2,1-3,5-6H3,(H,31,33)(H,32,34)(H,35,36);2-4,9H,1H3/b16-12+,26-7-;. The summed E-state index contributed by atoms with van der Waals surface area (Å²) in [7, 11) is 2.86. The zero-order valence-corrected chi connectivity index (χ0v) is 30.7. The number of aliphatic carboxylic acids is 1. The van der Waals surface area contributed by atoms with Gasteiger partial charge in [0, 0.05) is 12.0 Å². The third-order valence-corrected chi connectivity index (χ3v) is 8.38. The molecule has 3 atom stereocenters. The molecule has 0 aliphatic heterocycles. The molecule has 47 heavy (non-hydrogen) atoms. The summed E-state index contributed by atoms with van der Waals surface area (Å²) >= 11 is 5.56. The molecule has 4 N–H and O–H groups in total. The van der Waals surface area contributed by atoms with Crippen LogP contribution in [0.25, 0.3) is 0 Å². The fraction of sp³-hybridized carbons (Fsp3) is 0.486. The van der Waals surface area contributed by atoms with Crippen LogP contribution in [-0.2, 0) is 19.1 Å². The normalized spacial score (nSPS) is 14.5. The molecule has 0 bridgehead atoms. The van der Waals surface area contributed by atoms with Gasteiger partial charge in [0.2, 0.25) is 11.8 Å². The molecule has 1 aromatic rings. The van der Waals surface area contributed by atoms with Crippen molar-refractivity contribution in [3.63, 3.8) is 0 Å². The monoisotopic (exact) mass is 688 g/mol. The van der Waals surface area contributed by atoms with Gasteiger partial charge in [-0.1, -0.05) is 87.4 Å². The summed E-state index contributed by atoms with van der Waals surface area (Å²) in [5.41, 5.74) is 3.21. The molecule has 2 amide bonds. The number of aromatic hydroxyl groups is 1. The summed E-state index contributed by atoms with van der Waals surface area (Å²) in [4.78, 5) is 36.0. The van der Waals surface area contributed by atoms with Crippen molar-refractivity contribution < 1.29 is 29.3 Å². The molecule has 0 spiro atoms. The van der Waals surface area contributed by atoms with Gasteiger partial charge in [0.05, 0.1) is 11.6 Å². The van der Waals surface area contributed by atoms with Crippen molar-refractivity contribution in [3.05, 3.63) is 88.7 Å². The molecule has 1 aliphatic rings. The largest absolute Gasteiger partial charge is 0.506 e. The Kier molecular flexibility index (Phi) is 19.1. The van der Waals surface area contributed by atoms with E-state index in [1.165, 1.54) is 11.6 Å². The fourth-order valence-corrected chi connectivity index (χ4v) is 5.24. The quantitative estimate of drug-likeness (QED) is 0.0573. The van der Waals surface area contributed by atoms with E-state index in [0.29, 0.717) is 29.3 Å². The molecule has 1 aromatic carbocycles. The molecule has 260 valence electrons. The van der Waals surface area contributed by atoms with Crippen molar-refractivity contribution in [1.29, 1.82) is 0 Å². The topological polar surface area (TPSA) is 125 Å². The first-order chi connectivity index (χ1) is 22.0. The number of halogens is 1. The number of carboxylic acids is 1. The summed E-state index contributed by atoms with van der Waals surface area (Å²) < 4.78 is 5.81. The third kappa shape index (κ3) is 17.4. The lowest BCUT2D eigenvalue weighted by molar-refractivity contribution is -0.149. The van der Waals surface area contributed by atoms with E-state index >= 15 is 0 Å². The molecule has 2 rings (SSSR count). The third-order valence-electron chi connectivity index (χ3n) is 7.37. The Hall–Kier alpha value is -3.35. The predicted molar refractivity (Wildman–Crippen MR) is 195 cm³/mol. The Bertz CT molecular complexity index is 1330. The van der Waals surface area contributed by atoms with Crippen LogP contribution in [0.3, 0.4) is 0 Å². The summed E-state index contributed by atoms with van der Waals surface area (Å²) in [6.45, 7) is 15.6. The molecule has 1 aliphatic carbocycles. The molecule has 0 heterocycles. The number of aryl methyl sites for hydroxylation is 1. The van der Waals surface area contributed by atoms with E-state index in [-0.39, 0.29) is 36.6 Å². The summed E-state index contributed by atoms with van der Waals surface area (Å²) in [5.74, 6) is -0.877. The van der Waals surface area contributed by atoms with Crippen LogP contribution >= 0.6 is 20.8 Å². The van der Waals surface area contributed by atoms with Crippen LogP contribution in [0, 0.1) is 18.3 Å². The molecule has 0 saturated carbocycles. The molecule has 0 radical (unpaired) electrons. The number of rotatable bonds is 17. The van der Waals surface area contributed by atoms with E-state index in [4.69, 9.17) is 21.4 Å². The Balaban J connectivity index is 0.00000105. The zero-order valence-electron chi connectivity index (χ0n) is 28.8. The van der Waals surface area contributed by atoms with Crippen molar-refractivity contribution in [2.75, 3.05) is 13.1 Å². The highest BCUT2D eigenvalue weighted by Gasteiger charge is 2.30. The molecular weight excluding hydrogens is 635 g/mol. The zero-order chi connectivity index (χ0) is 35.6. The van der Waals surface area contributed by atoms with E-state index in [0.717, 1.165) is 36.8 Å². The van der Waals surface area contributed by atoms with Gasteiger partial charge in [-0.15, -0.1) is 9.24 Å². The van der Waals surface area contributed by atoms with Gasteiger partial charge in [0.1, 0.15) is 11.5 Å². The van der Waals surface area contributed by atoms with Crippen LogP contribution in [0.2, 0.25) is 5.02 Å². The number of hydrogen-bond acceptors (Lipinski definition) is 5. The molecule has 3 unspecified atom stereocenters. The minimum atomic E-state index is -1.01. The van der Waals surface area contributed by atoms with Gasteiger partial charge in [-0.3, -0.25) is 9.59 Å². The highest BCUT2D eigenvalue weighted by atomic mass is 35.5. The van der Waals surface area contributed by atoms with Gasteiger partial charge in [0.15, 0.2) is 6.10 Å². The number of hydrogen-bond donors (Lipinski definition) is 4. The molecule has 0 aromatic heterocycles.